The standard InChI is InChI=1S/C14H26N2O4/c1-10(2)7-16(8-11(3)4)14(19)15-5-6-20-12(9-15)13(17)18/h10-12H,5-9H2,1-4H3,(H,17,18). The van der Waals surface area contributed by atoms with Crippen molar-refractivity contribution >= 4 is 12.0 Å². The van der Waals surface area contributed by atoms with E-state index in [0.717, 1.165) is 0 Å². The number of amides is 2. The van der Waals surface area contributed by atoms with Gasteiger partial charge in [0.15, 0.2) is 6.10 Å². The van der Waals surface area contributed by atoms with Crippen LogP contribution in [0, 0.1) is 11.8 Å². The monoisotopic (exact) mass is 286 g/mol. The summed E-state index contributed by atoms with van der Waals surface area (Å²) in [5.74, 6) is -0.246. The molecular weight excluding hydrogens is 260 g/mol. The normalized spacial score (nSPS) is 19.5. The second-order valence-electron chi connectivity index (χ2n) is 6.12. The summed E-state index contributed by atoms with van der Waals surface area (Å²) in [5.41, 5.74) is 0. The third kappa shape index (κ3) is 5.00. The fourth-order valence-corrected chi connectivity index (χ4v) is 2.28. The molecule has 20 heavy (non-hydrogen) atoms. The third-order valence-corrected chi connectivity index (χ3v) is 3.05. The number of hydrogen-bond acceptors (Lipinski definition) is 3. The van der Waals surface area contributed by atoms with Crippen molar-refractivity contribution in [3.8, 4) is 0 Å². The van der Waals surface area contributed by atoms with E-state index in [4.69, 9.17) is 9.84 Å². The topological polar surface area (TPSA) is 70.1 Å². The first kappa shape index (κ1) is 16.8. The zero-order valence-electron chi connectivity index (χ0n) is 12.8. The Morgan fingerprint density at radius 1 is 1.25 bits per heavy atom. The van der Waals surface area contributed by atoms with Crippen molar-refractivity contribution in [2.45, 2.75) is 33.8 Å². The van der Waals surface area contributed by atoms with E-state index in [-0.39, 0.29) is 19.2 Å². The first-order valence-corrected chi connectivity index (χ1v) is 7.19. The second kappa shape index (κ2) is 7.47. The Balaban J connectivity index is 2.69. The van der Waals surface area contributed by atoms with E-state index in [0.29, 0.717) is 31.5 Å². The fraction of sp³-hybridized carbons (Fsp3) is 0.857. The summed E-state index contributed by atoms with van der Waals surface area (Å²) in [6.45, 7) is 10.5. The molecule has 0 spiro atoms. The van der Waals surface area contributed by atoms with Crippen LogP contribution in [0.15, 0.2) is 0 Å². The van der Waals surface area contributed by atoms with Gasteiger partial charge in [-0.05, 0) is 11.8 Å². The molecule has 0 aromatic rings. The van der Waals surface area contributed by atoms with Crippen LogP contribution in [0.1, 0.15) is 27.7 Å². The average molecular weight is 286 g/mol. The Morgan fingerprint density at radius 3 is 2.25 bits per heavy atom. The molecule has 0 bridgehead atoms. The van der Waals surface area contributed by atoms with Crippen LogP contribution in [0.2, 0.25) is 0 Å². The maximum Gasteiger partial charge on any atom is 0.334 e. The van der Waals surface area contributed by atoms with Gasteiger partial charge in [-0.25, -0.2) is 9.59 Å². The number of nitrogens with zero attached hydrogens (tertiary/aromatic N) is 2. The molecule has 1 N–H and O–H groups in total. The van der Waals surface area contributed by atoms with Gasteiger partial charge in [-0.3, -0.25) is 0 Å². The molecular formula is C14H26N2O4. The zero-order valence-corrected chi connectivity index (χ0v) is 12.8. The van der Waals surface area contributed by atoms with Crippen LogP contribution < -0.4 is 0 Å². The summed E-state index contributed by atoms with van der Waals surface area (Å²) in [6.07, 6.45) is -0.910. The Morgan fingerprint density at radius 2 is 1.80 bits per heavy atom. The van der Waals surface area contributed by atoms with Crippen molar-refractivity contribution in [3.05, 3.63) is 0 Å². The number of carbonyl (C=O) groups is 2. The van der Waals surface area contributed by atoms with Gasteiger partial charge in [-0.15, -0.1) is 0 Å². The van der Waals surface area contributed by atoms with Crippen molar-refractivity contribution < 1.29 is 19.4 Å². The zero-order chi connectivity index (χ0) is 15.3. The van der Waals surface area contributed by atoms with Gasteiger partial charge >= 0.3 is 12.0 Å². The van der Waals surface area contributed by atoms with E-state index in [2.05, 4.69) is 27.7 Å². The summed E-state index contributed by atoms with van der Waals surface area (Å²) in [4.78, 5) is 26.9. The van der Waals surface area contributed by atoms with Crippen molar-refractivity contribution in [3.63, 3.8) is 0 Å². The molecule has 1 unspecified atom stereocenters. The summed E-state index contributed by atoms with van der Waals surface area (Å²) < 4.78 is 5.15. The van der Waals surface area contributed by atoms with Crippen LogP contribution in [0.3, 0.4) is 0 Å². The molecule has 1 heterocycles. The lowest BCUT2D eigenvalue weighted by molar-refractivity contribution is -0.154. The SMILES string of the molecule is CC(C)CN(CC(C)C)C(=O)N1CCOC(C(=O)O)C1. The van der Waals surface area contributed by atoms with Gasteiger partial charge < -0.3 is 19.6 Å². The van der Waals surface area contributed by atoms with Crippen molar-refractivity contribution in [1.82, 2.24) is 9.80 Å². The molecule has 0 saturated carbocycles. The summed E-state index contributed by atoms with van der Waals surface area (Å²) in [7, 11) is 0. The number of ether oxygens (including phenoxy) is 1. The Labute approximate surface area is 120 Å². The molecule has 1 rings (SSSR count). The number of carboxylic acid groups (broad SMARTS) is 1. The largest absolute Gasteiger partial charge is 0.479 e. The summed E-state index contributed by atoms with van der Waals surface area (Å²) >= 11 is 0. The highest BCUT2D eigenvalue weighted by Gasteiger charge is 2.31. The van der Waals surface area contributed by atoms with Crippen molar-refractivity contribution in [1.29, 1.82) is 0 Å². The van der Waals surface area contributed by atoms with Crippen LogP contribution >= 0.6 is 0 Å². The van der Waals surface area contributed by atoms with E-state index < -0.39 is 12.1 Å². The number of hydrogen-bond donors (Lipinski definition) is 1. The minimum absolute atomic E-state index is 0.0815. The van der Waals surface area contributed by atoms with Gasteiger partial charge in [0.05, 0.1) is 13.2 Å². The lowest BCUT2D eigenvalue weighted by Crippen LogP contribution is -2.54. The smallest absolute Gasteiger partial charge is 0.334 e. The Bertz CT molecular complexity index is 334. The average Bonchev–Trinajstić information content (AvgIpc) is 2.36. The van der Waals surface area contributed by atoms with Gasteiger partial charge in [0.1, 0.15) is 0 Å². The summed E-state index contributed by atoms with van der Waals surface area (Å²) in [6, 6.07) is -0.0815. The number of carboxylic acids is 1. The Kier molecular flexibility index (Phi) is 6.26. The fourth-order valence-electron chi connectivity index (χ4n) is 2.28. The maximum absolute atomic E-state index is 12.5. The van der Waals surface area contributed by atoms with Crippen molar-refractivity contribution in [2.24, 2.45) is 11.8 Å². The highest BCUT2D eigenvalue weighted by Crippen LogP contribution is 2.12. The minimum Gasteiger partial charge on any atom is -0.479 e. The molecule has 1 atom stereocenters. The van der Waals surface area contributed by atoms with Crippen LogP contribution in [-0.2, 0) is 9.53 Å². The molecule has 1 saturated heterocycles. The molecule has 1 fully saturated rings. The molecule has 0 aliphatic carbocycles. The highest BCUT2D eigenvalue weighted by atomic mass is 16.5. The molecule has 0 aromatic heterocycles. The second-order valence-corrected chi connectivity index (χ2v) is 6.12. The lowest BCUT2D eigenvalue weighted by Gasteiger charge is -2.36. The van der Waals surface area contributed by atoms with E-state index >= 15 is 0 Å². The molecule has 1 aliphatic rings. The highest BCUT2D eigenvalue weighted by molar-refractivity contribution is 5.77. The van der Waals surface area contributed by atoms with Gasteiger partial charge in [-0.2, -0.15) is 0 Å². The number of morpholine rings is 1. The molecule has 0 aromatic carbocycles. The quantitative estimate of drug-likeness (QED) is 0.831. The third-order valence-electron chi connectivity index (χ3n) is 3.05. The predicted molar refractivity (Wildman–Crippen MR) is 75.6 cm³/mol. The number of urea groups is 1. The molecule has 2 amide bonds. The van der Waals surface area contributed by atoms with Gasteiger partial charge in [0.25, 0.3) is 0 Å². The van der Waals surface area contributed by atoms with Crippen LogP contribution in [0.5, 0.6) is 0 Å². The van der Waals surface area contributed by atoms with E-state index in [1.807, 2.05) is 4.90 Å². The maximum atomic E-state index is 12.5. The predicted octanol–water partition coefficient (Wildman–Crippen LogP) is 1.51. The number of rotatable bonds is 5. The van der Waals surface area contributed by atoms with E-state index in [1.165, 1.54) is 0 Å². The van der Waals surface area contributed by atoms with Crippen LogP contribution in [0.4, 0.5) is 4.79 Å². The van der Waals surface area contributed by atoms with Crippen LogP contribution in [0.25, 0.3) is 0 Å². The van der Waals surface area contributed by atoms with Gasteiger partial charge in [0.2, 0.25) is 0 Å². The first-order valence-electron chi connectivity index (χ1n) is 7.19. The van der Waals surface area contributed by atoms with Crippen molar-refractivity contribution in [2.75, 3.05) is 32.8 Å². The Hall–Kier alpha value is -1.30. The summed E-state index contributed by atoms with van der Waals surface area (Å²) in [5, 5.41) is 8.99. The van der Waals surface area contributed by atoms with Gasteiger partial charge in [-0.1, -0.05) is 27.7 Å². The molecule has 6 nitrogen and oxygen atoms in total. The molecule has 116 valence electrons. The molecule has 1 aliphatic heterocycles. The number of aliphatic carboxylic acids is 1. The van der Waals surface area contributed by atoms with E-state index in [9.17, 15) is 9.59 Å². The molecule has 6 heteroatoms. The van der Waals surface area contributed by atoms with E-state index in [1.54, 1.807) is 4.90 Å². The van der Waals surface area contributed by atoms with Crippen LogP contribution in [-0.4, -0.2) is 65.8 Å². The lowest BCUT2D eigenvalue weighted by atomic mass is 10.1. The minimum atomic E-state index is -1.01. The number of carbonyl (C=O) groups excluding carboxylic acids is 1. The van der Waals surface area contributed by atoms with Gasteiger partial charge in [0, 0.05) is 19.6 Å². The first-order chi connectivity index (χ1) is 9.31. The molecule has 0 radical (unpaired) electrons.